The molecule has 2 aromatic carbocycles. The van der Waals surface area contributed by atoms with Crippen LogP contribution < -0.4 is 4.90 Å². The van der Waals surface area contributed by atoms with Crippen LogP contribution in [0.15, 0.2) is 36.4 Å². The van der Waals surface area contributed by atoms with E-state index in [0.717, 1.165) is 11.3 Å². The van der Waals surface area contributed by atoms with E-state index in [0.29, 0.717) is 23.1 Å². The van der Waals surface area contributed by atoms with Gasteiger partial charge in [-0.25, -0.2) is 4.39 Å². The number of nitrogens with zero attached hydrogens (tertiary/aromatic N) is 1. The van der Waals surface area contributed by atoms with Gasteiger partial charge in [0.15, 0.2) is 5.78 Å². The fraction of sp³-hybridized carbons (Fsp3) is 0.176. The van der Waals surface area contributed by atoms with Gasteiger partial charge < -0.3 is 4.90 Å². The van der Waals surface area contributed by atoms with Crippen molar-refractivity contribution in [1.29, 1.82) is 0 Å². The molecule has 21 heavy (non-hydrogen) atoms. The van der Waals surface area contributed by atoms with E-state index in [9.17, 15) is 14.0 Å². The molecule has 0 fully saturated rings. The number of hydrogen-bond donors (Lipinski definition) is 0. The van der Waals surface area contributed by atoms with E-state index in [1.807, 2.05) is 0 Å². The molecule has 0 spiro atoms. The number of benzene rings is 2. The van der Waals surface area contributed by atoms with Crippen LogP contribution in [0.5, 0.6) is 0 Å². The van der Waals surface area contributed by atoms with E-state index >= 15 is 0 Å². The van der Waals surface area contributed by atoms with Gasteiger partial charge in [0.05, 0.1) is 6.42 Å². The van der Waals surface area contributed by atoms with Gasteiger partial charge in [0.2, 0.25) is 5.91 Å². The normalized spacial score (nSPS) is 13.5. The molecule has 1 amide bonds. The Hall–Kier alpha value is -2.49. The van der Waals surface area contributed by atoms with Gasteiger partial charge in [-0.2, -0.15) is 0 Å². The summed E-state index contributed by atoms with van der Waals surface area (Å²) in [6.07, 6.45) is 0.315. The first-order valence-corrected chi connectivity index (χ1v) is 6.67. The van der Waals surface area contributed by atoms with E-state index in [1.54, 1.807) is 43.1 Å². The van der Waals surface area contributed by atoms with Crippen molar-refractivity contribution in [3.8, 4) is 0 Å². The summed E-state index contributed by atoms with van der Waals surface area (Å²) in [4.78, 5) is 25.7. The third kappa shape index (κ3) is 2.23. The molecule has 0 unspecified atom stereocenters. The van der Waals surface area contributed by atoms with Gasteiger partial charge in [0.1, 0.15) is 5.82 Å². The molecule has 0 saturated heterocycles. The van der Waals surface area contributed by atoms with Crippen LogP contribution in [0.4, 0.5) is 10.1 Å². The molecule has 0 atom stereocenters. The molecule has 106 valence electrons. The van der Waals surface area contributed by atoms with Gasteiger partial charge >= 0.3 is 0 Å². The number of carbonyl (C=O) groups is 2. The van der Waals surface area contributed by atoms with Gasteiger partial charge in [0, 0.05) is 23.9 Å². The molecule has 0 saturated carbocycles. The molecule has 0 aliphatic carbocycles. The Kier molecular flexibility index (Phi) is 3.09. The van der Waals surface area contributed by atoms with Crippen LogP contribution in [0.3, 0.4) is 0 Å². The first-order chi connectivity index (χ1) is 9.97. The van der Waals surface area contributed by atoms with Crippen LogP contribution >= 0.6 is 0 Å². The number of ketones is 1. The van der Waals surface area contributed by atoms with Crippen molar-refractivity contribution in [2.24, 2.45) is 0 Å². The van der Waals surface area contributed by atoms with Gasteiger partial charge in [-0.3, -0.25) is 9.59 Å². The summed E-state index contributed by atoms with van der Waals surface area (Å²) in [5, 5.41) is 0. The lowest BCUT2D eigenvalue weighted by Crippen LogP contribution is -2.20. The lowest BCUT2D eigenvalue weighted by molar-refractivity contribution is -0.117. The van der Waals surface area contributed by atoms with Crippen molar-refractivity contribution < 1.29 is 14.0 Å². The number of carbonyl (C=O) groups excluding carboxylic acids is 2. The molecule has 0 aromatic heterocycles. The zero-order chi connectivity index (χ0) is 15.1. The number of amides is 1. The number of likely N-dealkylation sites (N-methyl/N-ethyl adjacent to an activating group) is 1. The standard InChI is InChI=1S/C17H14FNO2/c1-10-7-11(3-5-14(10)18)17(21)12-4-6-15-13(8-12)9-16(20)19(15)2/h3-8H,9H2,1-2H3. The Morgan fingerprint density at radius 1 is 1.14 bits per heavy atom. The minimum absolute atomic E-state index is 0.0206. The molecule has 3 nitrogen and oxygen atoms in total. The highest BCUT2D eigenvalue weighted by Gasteiger charge is 2.25. The van der Waals surface area contributed by atoms with Crippen LogP contribution in [0.1, 0.15) is 27.0 Å². The van der Waals surface area contributed by atoms with Gasteiger partial charge in [-0.1, -0.05) is 0 Å². The average Bonchev–Trinajstić information content (AvgIpc) is 2.76. The van der Waals surface area contributed by atoms with E-state index in [1.165, 1.54) is 12.1 Å². The van der Waals surface area contributed by atoms with Crippen molar-refractivity contribution in [3.63, 3.8) is 0 Å². The monoisotopic (exact) mass is 283 g/mol. The average molecular weight is 283 g/mol. The van der Waals surface area contributed by atoms with Gasteiger partial charge in [-0.05, 0) is 54.4 Å². The Morgan fingerprint density at radius 3 is 2.52 bits per heavy atom. The lowest BCUT2D eigenvalue weighted by Gasteiger charge is -2.10. The molecule has 1 heterocycles. The van der Waals surface area contributed by atoms with E-state index in [-0.39, 0.29) is 17.5 Å². The predicted molar refractivity (Wildman–Crippen MR) is 78.1 cm³/mol. The molecule has 2 aromatic rings. The summed E-state index contributed by atoms with van der Waals surface area (Å²) in [6, 6.07) is 9.56. The zero-order valence-electron chi connectivity index (χ0n) is 11.8. The zero-order valence-corrected chi connectivity index (χ0v) is 11.8. The molecular formula is C17H14FNO2. The summed E-state index contributed by atoms with van der Waals surface area (Å²) in [6.45, 7) is 1.63. The van der Waals surface area contributed by atoms with Crippen molar-refractivity contribution in [2.75, 3.05) is 11.9 Å². The first kappa shape index (κ1) is 13.5. The molecular weight excluding hydrogens is 269 g/mol. The smallest absolute Gasteiger partial charge is 0.231 e. The number of rotatable bonds is 2. The van der Waals surface area contributed by atoms with Crippen molar-refractivity contribution in [2.45, 2.75) is 13.3 Å². The van der Waals surface area contributed by atoms with Crippen molar-refractivity contribution >= 4 is 17.4 Å². The summed E-state index contributed by atoms with van der Waals surface area (Å²) < 4.78 is 13.3. The Balaban J connectivity index is 1.98. The molecule has 0 bridgehead atoms. The second-order valence-corrected chi connectivity index (χ2v) is 5.27. The fourth-order valence-electron chi connectivity index (χ4n) is 2.56. The SMILES string of the molecule is Cc1cc(C(=O)c2ccc3c(c2)CC(=O)N3C)ccc1F. The Bertz CT molecular complexity index is 767. The number of aryl methyl sites for hydroxylation is 1. The summed E-state index contributed by atoms with van der Waals surface area (Å²) in [7, 11) is 1.72. The Morgan fingerprint density at radius 2 is 1.81 bits per heavy atom. The molecule has 3 rings (SSSR count). The quantitative estimate of drug-likeness (QED) is 0.795. The van der Waals surface area contributed by atoms with Crippen LogP contribution in [-0.2, 0) is 11.2 Å². The lowest BCUT2D eigenvalue weighted by atomic mass is 9.99. The number of anilines is 1. The van der Waals surface area contributed by atoms with Gasteiger partial charge in [0.25, 0.3) is 0 Å². The minimum Gasteiger partial charge on any atom is -0.315 e. The number of hydrogen-bond acceptors (Lipinski definition) is 2. The predicted octanol–water partition coefficient (Wildman–Crippen LogP) is 2.88. The van der Waals surface area contributed by atoms with Gasteiger partial charge in [-0.15, -0.1) is 0 Å². The molecule has 4 heteroatoms. The van der Waals surface area contributed by atoms with Crippen molar-refractivity contribution in [1.82, 2.24) is 0 Å². The second-order valence-electron chi connectivity index (χ2n) is 5.27. The highest BCUT2D eigenvalue weighted by Crippen LogP contribution is 2.29. The number of halogens is 1. The Labute approximate surface area is 122 Å². The third-order valence-corrected chi connectivity index (χ3v) is 3.84. The topological polar surface area (TPSA) is 37.4 Å². The second kappa shape index (κ2) is 4.81. The number of fused-ring (bicyclic) bond motifs is 1. The third-order valence-electron chi connectivity index (χ3n) is 3.84. The van der Waals surface area contributed by atoms with Crippen LogP contribution in [-0.4, -0.2) is 18.7 Å². The first-order valence-electron chi connectivity index (χ1n) is 6.67. The highest BCUT2D eigenvalue weighted by atomic mass is 19.1. The van der Waals surface area contributed by atoms with E-state index < -0.39 is 0 Å². The van der Waals surface area contributed by atoms with E-state index in [2.05, 4.69) is 0 Å². The van der Waals surface area contributed by atoms with Crippen molar-refractivity contribution in [3.05, 3.63) is 64.5 Å². The molecule has 1 aliphatic heterocycles. The molecule has 0 radical (unpaired) electrons. The molecule has 0 N–H and O–H groups in total. The highest BCUT2D eigenvalue weighted by molar-refractivity contribution is 6.10. The van der Waals surface area contributed by atoms with E-state index in [4.69, 9.17) is 0 Å². The summed E-state index contributed by atoms with van der Waals surface area (Å²) in [5.41, 5.74) is 3.10. The maximum absolute atomic E-state index is 13.3. The van der Waals surface area contributed by atoms with Crippen LogP contribution in [0.25, 0.3) is 0 Å². The largest absolute Gasteiger partial charge is 0.315 e. The summed E-state index contributed by atoms with van der Waals surface area (Å²) >= 11 is 0. The van der Waals surface area contributed by atoms with Crippen LogP contribution in [0, 0.1) is 12.7 Å². The maximum Gasteiger partial charge on any atom is 0.231 e. The minimum atomic E-state index is -0.326. The fourth-order valence-corrected chi connectivity index (χ4v) is 2.56. The maximum atomic E-state index is 13.3. The van der Waals surface area contributed by atoms with Crippen LogP contribution in [0.2, 0.25) is 0 Å². The summed E-state index contributed by atoms with van der Waals surface area (Å²) in [5.74, 6) is -0.470. The molecule has 1 aliphatic rings.